The van der Waals surface area contributed by atoms with Crippen LogP contribution in [0.5, 0.6) is 0 Å². The maximum Gasteiger partial charge on any atom is 0.472 e. The first kappa shape index (κ1) is 78.8. The summed E-state index contributed by atoms with van der Waals surface area (Å²) in [6.45, 7) is 4.24. The zero-order chi connectivity index (χ0) is 61.2. The summed E-state index contributed by atoms with van der Waals surface area (Å²) in [6, 6.07) is 0. The summed E-state index contributed by atoms with van der Waals surface area (Å²) in [7, 11) is -4.80. The highest BCUT2D eigenvalue weighted by molar-refractivity contribution is 7.47. The number of phosphoric ester groups is 1. The van der Waals surface area contributed by atoms with E-state index in [9.17, 15) is 28.9 Å². The third-order valence-electron chi connectivity index (χ3n) is 12.6. The van der Waals surface area contributed by atoms with Crippen molar-refractivity contribution in [1.29, 1.82) is 0 Å². The first-order chi connectivity index (χ1) is 41.2. The molecule has 0 bridgehead atoms. The van der Waals surface area contributed by atoms with E-state index in [1.807, 2.05) is 12.2 Å². The minimum Gasteiger partial charge on any atom is -0.462 e. The fourth-order valence-electron chi connectivity index (χ4n) is 7.83. The molecule has 12 heteroatoms. The van der Waals surface area contributed by atoms with Gasteiger partial charge in [-0.05, 0) is 141 Å². The van der Waals surface area contributed by atoms with Crippen molar-refractivity contribution in [2.75, 3.05) is 26.4 Å². The molecule has 0 fully saturated rings. The van der Waals surface area contributed by atoms with Crippen molar-refractivity contribution in [1.82, 2.24) is 0 Å². The Morgan fingerprint density at radius 2 is 0.643 bits per heavy atom. The molecule has 84 heavy (non-hydrogen) atoms. The number of rotatable bonds is 57. The van der Waals surface area contributed by atoms with Crippen LogP contribution in [0.25, 0.3) is 0 Å². The fraction of sp³-hybridized carbons (Fsp3) is 0.569. The van der Waals surface area contributed by atoms with Gasteiger partial charge in [-0.15, -0.1) is 0 Å². The van der Waals surface area contributed by atoms with E-state index in [0.717, 1.165) is 135 Å². The van der Waals surface area contributed by atoms with Gasteiger partial charge < -0.3 is 24.2 Å². The normalized spacial score (nSPS) is 14.4. The predicted molar refractivity (Wildman–Crippen MR) is 352 cm³/mol. The Hall–Kier alpha value is -5.16. The molecule has 3 atom stereocenters. The van der Waals surface area contributed by atoms with Crippen LogP contribution in [-0.2, 0) is 42.2 Å². The van der Waals surface area contributed by atoms with Gasteiger partial charge in [0.15, 0.2) is 6.10 Å². The van der Waals surface area contributed by atoms with E-state index in [2.05, 4.69) is 179 Å². The van der Waals surface area contributed by atoms with Gasteiger partial charge in [-0.3, -0.25) is 23.4 Å². The molecule has 2 N–H and O–H groups in total. The molecule has 0 aromatic carbocycles. The zero-order valence-corrected chi connectivity index (χ0v) is 53.2. The number of esters is 3. The molecule has 472 valence electrons. The highest BCUT2D eigenvalue weighted by atomic mass is 31.2. The van der Waals surface area contributed by atoms with Crippen LogP contribution in [-0.4, -0.2) is 66.5 Å². The maximum atomic E-state index is 13.0. The summed E-state index contributed by atoms with van der Waals surface area (Å²) in [5.74, 6) is -1.63. The molecular formula is C72H113O11P. The molecule has 0 rings (SSSR count). The summed E-state index contributed by atoms with van der Waals surface area (Å²) in [6.07, 6.45) is 86.0. The standard InChI is InChI=1S/C72H113O11P/c1-4-7-10-13-16-19-22-25-28-31-34-37-40-43-46-49-52-55-58-61-70(74)79-65-69(83-72(76)63-60-57-54-51-48-45-42-39-36-33-30-27-24-21-18-15-12-9-6-3)67-81-84(77,78)80-66-68(64-73)82-71(75)62-59-56-53-50-47-44-41-38-35-32-29-26-23-20-17-14-11-8-5-2/h8-9,11-12,16-21,25-30,34-39,44-45,47-48,54,57,68-69,73H,4-7,10,13-15,22-24,31-33,40-43,46,49-53,55-56,58-67H2,1-3H3,(H,77,78)/b11-8-,12-9-,19-16-,20-17-,21-18-,28-25-,29-26-,30-27-,37-34-,38-35-,39-36-,47-44-,48-45-,57-54-. The van der Waals surface area contributed by atoms with Crippen molar-refractivity contribution in [2.24, 2.45) is 0 Å². The molecular weight excluding hydrogens is 1070 g/mol. The number of allylic oxidation sites excluding steroid dienone is 28. The lowest BCUT2D eigenvalue weighted by Crippen LogP contribution is -2.30. The van der Waals surface area contributed by atoms with Crippen molar-refractivity contribution in [3.63, 3.8) is 0 Å². The first-order valence-electron chi connectivity index (χ1n) is 32.0. The molecule has 0 spiro atoms. The second-order valence-electron chi connectivity index (χ2n) is 20.5. The van der Waals surface area contributed by atoms with Gasteiger partial charge in [-0.25, -0.2) is 4.57 Å². The van der Waals surface area contributed by atoms with Crippen molar-refractivity contribution < 1.29 is 52.2 Å². The molecule has 11 nitrogen and oxygen atoms in total. The summed E-state index contributed by atoms with van der Waals surface area (Å²) in [5.41, 5.74) is 0. The Bertz CT molecular complexity index is 2060. The number of hydrogen-bond acceptors (Lipinski definition) is 10. The van der Waals surface area contributed by atoms with Crippen LogP contribution in [0.2, 0.25) is 0 Å². The largest absolute Gasteiger partial charge is 0.472 e. The summed E-state index contributed by atoms with van der Waals surface area (Å²) in [5, 5.41) is 9.86. The van der Waals surface area contributed by atoms with E-state index in [-0.39, 0.29) is 25.9 Å². The molecule has 0 aliphatic carbocycles. The van der Waals surface area contributed by atoms with Gasteiger partial charge in [0.25, 0.3) is 0 Å². The Labute approximate surface area is 510 Å². The lowest BCUT2D eigenvalue weighted by atomic mass is 10.1. The average molecular weight is 1190 g/mol. The van der Waals surface area contributed by atoms with Crippen LogP contribution in [0.1, 0.15) is 226 Å². The van der Waals surface area contributed by atoms with Crippen molar-refractivity contribution in [2.45, 2.75) is 238 Å². The van der Waals surface area contributed by atoms with Crippen LogP contribution in [0.4, 0.5) is 0 Å². The van der Waals surface area contributed by atoms with E-state index in [1.54, 1.807) is 0 Å². The van der Waals surface area contributed by atoms with Gasteiger partial charge in [-0.2, -0.15) is 0 Å². The fourth-order valence-corrected chi connectivity index (χ4v) is 8.61. The average Bonchev–Trinajstić information content (AvgIpc) is 3.53. The minimum atomic E-state index is -4.80. The number of aliphatic hydroxyl groups excluding tert-OH is 1. The lowest BCUT2D eigenvalue weighted by Gasteiger charge is -2.21. The monoisotopic (exact) mass is 1180 g/mol. The smallest absolute Gasteiger partial charge is 0.462 e. The van der Waals surface area contributed by atoms with E-state index in [0.29, 0.717) is 25.7 Å². The van der Waals surface area contributed by atoms with E-state index < -0.39 is 57.8 Å². The molecule has 0 saturated heterocycles. The SMILES string of the molecule is CC/C=C\C/C=C\C/C=C\C/C=C\C/C=C\C/C=C\CCC(=O)OC(COC(=O)CCCCCCCC/C=C\C/C=C\C/C=C\CCCCC)COP(=O)(O)OCC(CO)OC(=O)CCCCC/C=C\C/C=C\C/C=C\C/C=C\C/C=C\CC. The number of hydrogen-bond donors (Lipinski definition) is 2. The Kier molecular flexibility index (Phi) is 59.9. The number of carbonyl (C=O) groups is 3. The van der Waals surface area contributed by atoms with Crippen LogP contribution in [0.15, 0.2) is 170 Å². The summed E-state index contributed by atoms with van der Waals surface area (Å²) in [4.78, 5) is 48.7. The second kappa shape index (κ2) is 63.9. The maximum absolute atomic E-state index is 13.0. The molecule has 0 aromatic rings. The number of phosphoric acid groups is 1. The van der Waals surface area contributed by atoms with Gasteiger partial charge >= 0.3 is 25.7 Å². The van der Waals surface area contributed by atoms with Crippen LogP contribution in [0.3, 0.4) is 0 Å². The van der Waals surface area contributed by atoms with Crippen molar-refractivity contribution >= 4 is 25.7 Å². The summed E-state index contributed by atoms with van der Waals surface area (Å²) >= 11 is 0. The lowest BCUT2D eigenvalue weighted by molar-refractivity contribution is -0.161. The van der Waals surface area contributed by atoms with Crippen molar-refractivity contribution in [3.05, 3.63) is 170 Å². The van der Waals surface area contributed by atoms with Crippen molar-refractivity contribution in [3.8, 4) is 0 Å². The third kappa shape index (κ3) is 61.4. The van der Waals surface area contributed by atoms with Gasteiger partial charge in [-0.1, -0.05) is 236 Å². The molecule has 0 amide bonds. The predicted octanol–water partition coefficient (Wildman–Crippen LogP) is 19.8. The summed E-state index contributed by atoms with van der Waals surface area (Å²) < 4.78 is 39.6. The van der Waals surface area contributed by atoms with Crippen LogP contribution in [0, 0.1) is 0 Å². The Morgan fingerprint density at radius 3 is 1.04 bits per heavy atom. The Balaban J connectivity index is 4.89. The number of unbranched alkanes of at least 4 members (excludes halogenated alkanes) is 12. The second-order valence-corrected chi connectivity index (χ2v) is 21.9. The Morgan fingerprint density at radius 1 is 0.345 bits per heavy atom. The minimum absolute atomic E-state index is 0.0265. The molecule has 3 unspecified atom stereocenters. The molecule has 0 radical (unpaired) electrons. The number of aliphatic hydroxyl groups is 1. The number of ether oxygens (including phenoxy) is 3. The highest BCUT2D eigenvalue weighted by Crippen LogP contribution is 2.43. The molecule has 0 heterocycles. The highest BCUT2D eigenvalue weighted by Gasteiger charge is 2.28. The van der Waals surface area contributed by atoms with Gasteiger partial charge in [0.05, 0.1) is 19.8 Å². The molecule has 0 aliphatic heterocycles. The van der Waals surface area contributed by atoms with E-state index in [1.165, 1.54) is 25.7 Å². The van der Waals surface area contributed by atoms with Crippen LogP contribution >= 0.6 is 7.82 Å². The molecule has 0 aromatic heterocycles. The van der Waals surface area contributed by atoms with Gasteiger partial charge in [0.1, 0.15) is 12.7 Å². The quantitative estimate of drug-likeness (QED) is 0.0197. The first-order valence-corrected chi connectivity index (χ1v) is 33.5. The number of carbonyl (C=O) groups excluding carboxylic acids is 3. The van der Waals surface area contributed by atoms with E-state index in [4.69, 9.17) is 23.3 Å². The zero-order valence-electron chi connectivity index (χ0n) is 52.3. The van der Waals surface area contributed by atoms with Gasteiger partial charge in [0, 0.05) is 19.3 Å². The van der Waals surface area contributed by atoms with Crippen LogP contribution < -0.4 is 0 Å². The molecule has 0 saturated carbocycles. The third-order valence-corrected chi connectivity index (χ3v) is 13.6. The molecule has 0 aliphatic rings. The van der Waals surface area contributed by atoms with Gasteiger partial charge in [0.2, 0.25) is 0 Å². The topological polar surface area (TPSA) is 155 Å². The van der Waals surface area contributed by atoms with E-state index >= 15 is 0 Å².